The summed E-state index contributed by atoms with van der Waals surface area (Å²) in [5, 5.41) is 19.5. The van der Waals surface area contributed by atoms with Gasteiger partial charge in [0.15, 0.2) is 11.9 Å². The molecule has 1 atom stereocenters. The van der Waals surface area contributed by atoms with Crippen LogP contribution in [-0.4, -0.2) is 33.8 Å². The third-order valence-electron chi connectivity index (χ3n) is 2.55. The molecule has 0 aliphatic heterocycles. The molecule has 1 unspecified atom stereocenters. The number of carboxylic acids is 1. The molecule has 0 bridgehead atoms. The summed E-state index contributed by atoms with van der Waals surface area (Å²) in [6.07, 6.45) is 0.404. The molecule has 0 saturated carbocycles. The van der Waals surface area contributed by atoms with E-state index < -0.39 is 18.0 Å². The number of amides is 2. The van der Waals surface area contributed by atoms with Gasteiger partial charge in [-0.3, -0.25) is 0 Å². The standard InChI is InChI=1S/C12H14N4O4S/c1-7-14-9(16-20-7)4-5-13-12(19)15-10(11(17)18)8-3-2-6-21-8/h2-3,6,10H,4-5H2,1H3,(H,17,18)(H2,13,15,19). The van der Waals surface area contributed by atoms with Crippen LogP contribution in [0.4, 0.5) is 4.79 Å². The van der Waals surface area contributed by atoms with Crippen molar-refractivity contribution in [1.82, 2.24) is 20.8 Å². The van der Waals surface area contributed by atoms with Crippen molar-refractivity contribution in [2.24, 2.45) is 0 Å². The molecule has 0 aromatic carbocycles. The second kappa shape index (κ2) is 6.84. The number of aliphatic carboxylic acids is 1. The second-order valence-corrected chi connectivity index (χ2v) is 5.15. The molecule has 0 spiro atoms. The average Bonchev–Trinajstić information content (AvgIpc) is 3.07. The zero-order valence-corrected chi connectivity index (χ0v) is 12.0. The minimum atomic E-state index is -1.11. The zero-order chi connectivity index (χ0) is 15.2. The van der Waals surface area contributed by atoms with E-state index in [1.54, 1.807) is 24.4 Å². The minimum absolute atomic E-state index is 0.279. The van der Waals surface area contributed by atoms with Gasteiger partial charge in [-0.05, 0) is 11.4 Å². The van der Waals surface area contributed by atoms with Gasteiger partial charge in [0.2, 0.25) is 5.89 Å². The van der Waals surface area contributed by atoms with Crippen LogP contribution >= 0.6 is 11.3 Å². The molecule has 0 saturated heterocycles. The lowest BCUT2D eigenvalue weighted by molar-refractivity contribution is -0.139. The van der Waals surface area contributed by atoms with Crippen LogP contribution in [0.25, 0.3) is 0 Å². The van der Waals surface area contributed by atoms with Crippen LogP contribution in [0.5, 0.6) is 0 Å². The number of nitrogens with zero attached hydrogens (tertiary/aromatic N) is 2. The maximum Gasteiger partial charge on any atom is 0.331 e. The molecule has 8 nitrogen and oxygen atoms in total. The Morgan fingerprint density at radius 1 is 1.52 bits per heavy atom. The number of carboxylic acid groups (broad SMARTS) is 1. The lowest BCUT2D eigenvalue weighted by Gasteiger charge is -2.13. The summed E-state index contributed by atoms with van der Waals surface area (Å²) < 4.78 is 4.80. The minimum Gasteiger partial charge on any atom is -0.479 e. The summed E-state index contributed by atoms with van der Waals surface area (Å²) in [7, 11) is 0. The Balaban J connectivity index is 1.81. The van der Waals surface area contributed by atoms with Crippen molar-refractivity contribution >= 4 is 23.3 Å². The Morgan fingerprint density at radius 2 is 2.33 bits per heavy atom. The van der Waals surface area contributed by atoms with Crippen molar-refractivity contribution in [3.63, 3.8) is 0 Å². The summed E-state index contributed by atoms with van der Waals surface area (Å²) in [6.45, 7) is 1.96. The largest absolute Gasteiger partial charge is 0.479 e. The molecule has 0 aliphatic rings. The quantitative estimate of drug-likeness (QED) is 0.735. The zero-order valence-electron chi connectivity index (χ0n) is 11.2. The molecule has 0 fully saturated rings. The fraction of sp³-hybridized carbons (Fsp3) is 0.333. The number of urea groups is 1. The van der Waals surface area contributed by atoms with Crippen LogP contribution in [0.2, 0.25) is 0 Å². The van der Waals surface area contributed by atoms with Crippen molar-refractivity contribution in [3.8, 4) is 0 Å². The van der Waals surface area contributed by atoms with E-state index in [1.807, 2.05) is 0 Å². The van der Waals surface area contributed by atoms with Crippen molar-refractivity contribution in [2.75, 3.05) is 6.54 Å². The average molecular weight is 310 g/mol. The lowest BCUT2D eigenvalue weighted by Crippen LogP contribution is -2.41. The molecule has 0 aliphatic carbocycles. The summed E-state index contributed by atoms with van der Waals surface area (Å²) in [5.74, 6) is -0.166. The first-order valence-corrected chi connectivity index (χ1v) is 7.04. The van der Waals surface area contributed by atoms with Gasteiger partial charge in [0.25, 0.3) is 0 Å². The van der Waals surface area contributed by atoms with E-state index >= 15 is 0 Å². The molecule has 2 heterocycles. The first-order valence-electron chi connectivity index (χ1n) is 6.16. The van der Waals surface area contributed by atoms with Crippen LogP contribution in [0, 0.1) is 6.92 Å². The first kappa shape index (κ1) is 15.0. The third-order valence-corrected chi connectivity index (χ3v) is 3.49. The highest BCUT2D eigenvalue weighted by Crippen LogP contribution is 2.18. The first-order chi connectivity index (χ1) is 10.1. The van der Waals surface area contributed by atoms with Crippen LogP contribution in [0.15, 0.2) is 22.0 Å². The molecule has 3 N–H and O–H groups in total. The van der Waals surface area contributed by atoms with Crippen molar-refractivity contribution in [3.05, 3.63) is 34.1 Å². The summed E-state index contributed by atoms with van der Waals surface area (Å²) in [5.41, 5.74) is 0. The number of nitrogens with one attached hydrogen (secondary N) is 2. The molecule has 0 radical (unpaired) electrons. The topological polar surface area (TPSA) is 117 Å². The summed E-state index contributed by atoms with van der Waals surface area (Å²) >= 11 is 1.27. The Labute approximate surface area is 124 Å². The number of hydrogen-bond acceptors (Lipinski definition) is 6. The van der Waals surface area contributed by atoms with Crippen molar-refractivity contribution in [1.29, 1.82) is 0 Å². The smallest absolute Gasteiger partial charge is 0.331 e. The van der Waals surface area contributed by atoms with Gasteiger partial charge in [0, 0.05) is 24.8 Å². The maximum atomic E-state index is 11.7. The highest BCUT2D eigenvalue weighted by Gasteiger charge is 2.22. The molecule has 21 heavy (non-hydrogen) atoms. The fourth-order valence-corrected chi connectivity index (χ4v) is 2.39. The number of rotatable bonds is 6. The number of aryl methyl sites for hydroxylation is 1. The number of thiophene rings is 1. The van der Waals surface area contributed by atoms with E-state index in [0.29, 0.717) is 23.0 Å². The van der Waals surface area contributed by atoms with E-state index in [-0.39, 0.29) is 6.54 Å². The molecule has 112 valence electrons. The van der Waals surface area contributed by atoms with Gasteiger partial charge in [-0.25, -0.2) is 9.59 Å². The van der Waals surface area contributed by atoms with E-state index in [1.165, 1.54) is 11.3 Å². The number of hydrogen-bond donors (Lipinski definition) is 3. The van der Waals surface area contributed by atoms with Gasteiger partial charge in [-0.2, -0.15) is 4.98 Å². The predicted octanol–water partition coefficient (Wildman–Crippen LogP) is 1.11. The van der Waals surface area contributed by atoms with Gasteiger partial charge in [-0.15, -0.1) is 11.3 Å². The molecular weight excluding hydrogens is 296 g/mol. The number of carbonyl (C=O) groups is 2. The van der Waals surface area contributed by atoms with Crippen LogP contribution in [-0.2, 0) is 11.2 Å². The van der Waals surface area contributed by atoms with Gasteiger partial charge in [0.1, 0.15) is 0 Å². The molecule has 9 heteroatoms. The highest BCUT2D eigenvalue weighted by atomic mass is 32.1. The Kier molecular flexibility index (Phi) is 4.88. The Bertz CT molecular complexity index is 611. The predicted molar refractivity (Wildman–Crippen MR) is 74.0 cm³/mol. The molecular formula is C12H14N4O4S. The van der Waals surface area contributed by atoms with Crippen LogP contribution in [0.1, 0.15) is 22.6 Å². The lowest BCUT2D eigenvalue weighted by atomic mass is 10.2. The van der Waals surface area contributed by atoms with Crippen LogP contribution < -0.4 is 10.6 Å². The number of aromatic nitrogens is 2. The number of carbonyl (C=O) groups excluding carboxylic acids is 1. The Hall–Kier alpha value is -2.42. The van der Waals surface area contributed by atoms with Gasteiger partial charge < -0.3 is 20.3 Å². The molecule has 2 amide bonds. The monoisotopic (exact) mass is 310 g/mol. The van der Waals surface area contributed by atoms with E-state index in [9.17, 15) is 9.59 Å². The normalized spacial score (nSPS) is 11.9. The summed E-state index contributed by atoms with van der Waals surface area (Å²) in [6, 6.07) is 1.77. The van der Waals surface area contributed by atoms with E-state index in [4.69, 9.17) is 9.63 Å². The van der Waals surface area contributed by atoms with E-state index in [0.717, 1.165) is 0 Å². The van der Waals surface area contributed by atoms with Gasteiger partial charge in [0.05, 0.1) is 0 Å². The molecule has 2 aromatic rings. The Morgan fingerprint density at radius 3 is 2.90 bits per heavy atom. The van der Waals surface area contributed by atoms with Crippen molar-refractivity contribution < 1.29 is 19.2 Å². The van der Waals surface area contributed by atoms with Crippen molar-refractivity contribution in [2.45, 2.75) is 19.4 Å². The summed E-state index contributed by atoms with van der Waals surface area (Å²) in [4.78, 5) is 27.4. The van der Waals surface area contributed by atoms with Gasteiger partial charge >= 0.3 is 12.0 Å². The van der Waals surface area contributed by atoms with Gasteiger partial charge in [-0.1, -0.05) is 11.2 Å². The SMILES string of the molecule is Cc1nc(CCNC(=O)NC(C(=O)O)c2cccs2)no1. The second-order valence-electron chi connectivity index (χ2n) is 4.17. The fourth-order valence-electron chi connectivity index (χ4n) is 1.62. The molecule has 2 aromatic heterocycles. The van der Waals surface area contributed by atoms with Crippen LogP contribution in [0.3, 0.4) is 0 Å². The maximum absolute atomic E-state index is 11.7. The van der Waals surface area contributed by atoms with E-state index in [2.05, 4.69) is 20.8 Å². The highest BCUT2D eigenvalue weighted by molar-refractivity contribution is 7.10. The third kappa shape index (κ3) is 4.28. The molecule has 2 rings (SSSR count).